The summed E-state index contributed by atoms with van der Waals surface area (Å²) < 4.78 is 20.4. The first-order valence-electron chi connectivity index (χ1n) is 3.46. The summed E-state index contributed by atoms with van der Waals surface area (Å²) in [5.74, 6) is -3.53. The monoisotopic (exact) mass is 137 g/mol. The summed E-state index contributed by atoms with van der Waals surface area (Å²) in [6.45, 7) is 0. The minimum absolute atomic E-state index is 1.58. The van der Waals surface area contributed by atoms with E-state index in [-0.39, 0.29) is 0 Å². The Balaban J connectivity index is 5.01. The van der Waals surface area contributed by atoms with Crippen molar-refractivity contribution in [3.63, 3.8) is 0 Å². The van der Waals surface area contributed by atoms with E-state index < -0.39 is 24.3 Å². The molecule has 0 saturated carbocycles. The zero-order chi connectivity index (χ0) is 10.2. The van der Waals surface area contributed by atoms with Gasteiger partial charge in [0.15, 0.2) is 0 Å². The Hall–Kier alpha value is -1.10. The highest BCUT2D eigenvalue weighted by molar-refractivity contribution is 5.82. The first-order chi connectivity index (χ1) is 5.14. The predicted molar refractivity (Wildman–Crippen MR) is 29.4 cm³/mol. The summed E-state index contributed by atoms with van der Waals surface area (Å²) in [7, 11) is 0. The van der Waals surface area contributed by atoms with Crippen LogP contribution in [0, 0.1) is 0 Å². The van der Waals surface area contributed by atoms with Gasteiger partial charge in [0.25, 0.3) is 0 Å². The molecule has 52 valence electrons. The van der Waals surface area contributed by atoms with Crippen molar-refractivity contribution in [3.8, 4) is 0 Å². The molecule has 0 aliphatic heterocycles. The van der Waals surface area contributed by atoms with Crippen LogP contribution in [0.5, 0.6) is 0 Å². The van der Waals surface area contributed by atoms with Gasteiger partial charge < -0.3 is 16.6 Å². The summed E-state index contributed by atoms with van der Waals surface area (Å²) in [5, 5.41) is 8.27. The molecule has 5 N–H and O–H groups in total. The van der Waals surface area contributed by atoms with Crippen LogP contribution in [-0.2, 0) is 9.59 Å². The van der Waals surface area contributed by atoms with Crippen LogP contribution in [0.4, 0.5) is 0 Å². The van der Waals surface area contributed by atoms with E-state index in [9.17, 15) is 9.59 Å². The predicted octanol–water partition coefficient (Wildman–Crippen LogP) is -1.73. The number of amides is 1. The molecule has 0 aromatic heterocycles. The number of nitrogens with two attached hydrogens (primary N) is 2. The smallest absolute Gasteiger partial charge is 0.321 e. The zero-order valence-corrected chi connectivity index (χ0v) is 4.42. The average molecular weight is 137 g/mol. The largest absolute Gasteiger partial charge is 0.480 e. The fraction of sp³-hybridized carbons (Fsp3) is 0.500. The lowest BCUT2D eigenvalue weighted by molar-refractivity contribution is -0.140. The van der Waals surface area contributed by atoms with Gasteiger partial charge in [-0.05, 0) is 0 Å². The molecule has 0 fully saturated rings. The van der Waals surface area contributed by atoms with Crippen molar-refractivity contribution >= 4 is 11.9 Å². The van der Waals surface area contributed by atoms with Crippen LogP contribution in [0.3, 0.4) is 0 Å². The van der Waals surface area contributed by atoms with Crippen molar-refractivity contribution in [1.82, 2.24) is 0 Å². The van der Waals surface area contributed by atoms with Crippen molar-refractivity contribution in [2.24, 2.45) is 11.5 Å². The van der Waals surface area contributed by atoms with E-state index in [1.54, 1.807) is 0 Å². The number of rotatable bonds is 3. The molecule has 0 aliphatic carbocycles. The molecule has 0 saturated heterocycles. The molecule has 0 heterocycles. The van der Waals surface area contributed by atoms with Gasteiger partial charge in [-0.15, -0.1) is 0 Å². The molecule has 9 heavy (non-hydrogen) atoms. The minimum atomic E-state index is -3.10. The number of aliphatic carboxylic acids is 1. The highest BCUT2D eigenvalue weighted by Gasteiger charge is 2.13. The van der Waals surface area contributed by atoms with Gasteiger partial charge >= 0.3 is 5.97 Å². The standard InChI is InChI=1S/C4H8N2O3/c5-2(4(8)9)1-3(6)7/h2H,1,5H2,(H2,6,7)(H,8,9)/t2-/m0/s1/i1D2,2D,5+1,6+1. The van der Waals surface area contributed by atoms with E-state index in [1.165, 1.54) is 0 Å². The molecule has 1 atom stereocenters. The Kier molecular flexibility index (Phi) is 1.29. The maximum absolute atomic E-state index is 10.4. The van der Waals surface area contributed by atoms with Crippen LogP contribution in [0.25, 0.3) is 0 Å². The molecule has 0 aromatic carbocycles. The van der Waals surface area contributed by atoms with Crippen LogP contribution in [0.2, 0.25) is 0 Å². The second-order valence-electron chi connectivity index (χ2n) is 1.21. The quantitative estimate of drug-likeness (QED) is 0.402. The van der Waals surface area contributed by atoms with Crippen LogP contribution in [-0.4, -0.2) is 23.0 Å². The van der Waals surface area contributed by atoms with Gasteiger partial charge in [0.05, 0.1) is 7.74 Å². The zero-order valence-electron chi connectivity index (χ0n) is 7.42. The van der Waals surface area contributed by atoms with E-state index in [4.69, 9.17) is 15.0 Å². The Morgan fingerprint density at radius 3 is 2.44 bits per heavy atom. The SMILES string of the molecule is [2H]C([2H])(C([15NH2])=O)[C@]([2H])([15NH2])C(=O)O. The van der Waals surface area contributed by atoms with E-state index in [2.05, 4.69) is 5.73 Å². The number of carboxylic acids is 1. The van der Waals surface area contributed by atoms with Crippen molar-refractivity contribution in [3.05, 3.63) is 0 Å². The first-order valence-corrected chi connectivity index (χ1v) is 1.96. The molecular formula is C4H8N2O3. The van der Waals surface area contributed by atoms with Gasteiger partial charge in [-0.1, -0.05) is 0 Å². The summed E-state index contributed by atoms with van der Waals surface area (Å²) in [5.41, 5.74) is 9.25. The van der Waals surface area contributed by atoms with Crippen LogP contribution in [0.1, 0.15) is 10.5 Å². The van der Waals surface area contributed by atoms with Crippen LogP contribution in [0.15, 0.2) is 0 Å². The third-order valence-electron chi connectivity index (χ3n) is 0.488. The fourth-order valence-corrected chi connectivity index (χ4v) is 0.186. The van der Waals surface area contributed by atoms with E-state index in [0.29, 0.717) is 0 Å². The van der Waals surface area contributed by atoms with Crippen molar-refractivity contribution in [2.75, 3.05) is 0 Å². The highest BCUT2D eigenvalue weighted by atomic mass is 16.4. The van der Waals surface area contributed by atoms with Crippen LogP contribution < -0.4 is 11.5 Å². The number of carbonyl (C=O) groups excluding carboxylic acids is 1. The highest BCUT2D eigenvalue weighted by Crippen LogP contribution is 1.84. The third kappa shape index (κ3) is 3.48. The molecule has 0 spiro atoms. The molecule has 0 unspecified atom stereocenters. The van der Waals surface area contributed by atoms with Crippen molar-refractivity contribution in [1.29, 1.82) is 0 Å². The van der Waals surface area contributed by atoms with Gasteiger partial charge in [-0.2, -0.15) is 0 Å². The maximum atomic E-state index is 10.4. The van der Waals surface area contributed by atoms with Gasteiger partial charge in [0.1, 0.15) is 6.02 Å². The molecule has 1 amide bonds. The lowest BCUT2D eigenvalue weighted by atomic mass is 10.2. The number of primary amides is 1. The van der Waals surface area contributed by atoms with E-state index in [1.807, 2.05) is 0 Å². The molecule has 0 radical (unpaired) electrons. The molecular weight excluding hydrogens is 126 g/mol. The molecule has 5 nitrogen and oxygen atoms in total. The Labute approximate surface area is 55.8 Å². The summed E-state index contributed by atoms with van der Waals surface area (Å²) >= 11 is 0. The normalized spacial score (nSPS) is 22.6. The number of hydrogen-bond donors (Lipinski definition) is 3. The van der Waals surface area contributed by atoms with Crippen molar-refractivity contribution in [2.45, 2.75) is 12.4 Å². The Bertz CT molecular complexity index is 204. The topological polar surface area (TPSA) is 106 Å². The first kappa shape index (κ1) is 3.84. The number of carboxylic acid groups (broad SMARTS) is 1. The van der Waals surface area contributed by atoms with Crippen molar-refractivity contribution < 1.29 is 18.8 Å². The molecule has 5 heteroatoms. The maximum Gasteiger partial charge on any atom is 0.321 e. The van der Waals surface area contributed by atoms with E-state index >= 15 is 0 Å². The molecule has 0 bridgehead atoms. The van der Waals surface area contributed by atoms with Gasteiger partial charge in [-0.3, -0.25) is 9.59 Å². The van der Waals surface area contributed by atoms with Gasteiger partial charge in [-0.25, -0.2) is 0 Å². The second kappa shape index (κ2) is 3.03. The summed E-state index contributed by atoms with van der Waals surface area (Å²) in [4.78, 5) is 20.6. The third-order valence-corrected chi connectivity index (χ3v) is 0.488. The second-order valence-corrected chi connectivity index (χ2v) is 1.21. The molecule has 0 aromatic rings. The van der Waals surface area contributed by atoms with Gasteiger partial charge in [0.2, 0.25) is 5.91 Å². The Morgan fingerprint density at radius 1 is 1.89 bits per heavy atom. The number of hydrogen-bond acceptors (Lipinski definition) is 3. The van der Waals surface area contributed by atoms with Crippen LogP contribution >= 0.6 is 0 Å². The lowest BCUT2D eigenvalue weighted by Crippen LogP contribution is -2.34. The summed E-state index contributed by atoms with van der Waals surface area (Å²) in [6, 6.07) is -3.06. The van der Waals surface area contributed by atoms with Gasteiger partial charge in [0, 0.05) is 2.74 Å². The van der Waals surface area contributed by atoms with E-state index in [0.717, 1.165) is 0 Å². The Morgan fingerprint density at radius 2 is 2.33 bits per heavy atom. The number of carbonyl (C=O) groups is 2. The molecule has 0 aliphatic rings. The molecule has 0 rings (SSSR count). The average Bonchev–Trinajstić information content (AvgIpc) is 1.86. The minimum Gasteiger partial charge on any atom is -0.480 e. The fourth-order valence-electron chi connectivity index (χ4n) is 0.186. The lowest BCUT2D eigenvalue weighted by Gasteiger charge is -1.99. The summed E-state index contributed by atoms with van der Waals surface area (Å²) in [6.07, 6.45) is -3.10.